The van der Waals surface area contributed by atoms with Gasteiger partial charge in [-0.05, 0) is 24.6 Å². The van der Waals surface area contributed by atoms with Crippen LogP contribution in [0.5, 0.6) is 5.75 Å². The average Bonchev–Trinajstić information content (AvgIpc) is 2.28. The molecule has 0 saturated heterocycles. The maximum absolute atomic E-state index is 11.8. The maximum atomic E-state index is 11.8. The van der Waals surface area contributed by atoms with E-state index in [0.29, 0.717) is 11.4 Å². The molecular formula is C13H17NO4. The smallest absolute Gasteiger partial charge is 0.304 e. The van der Waals surface area contributed by atoms with Gasteiger partial charge in [-0.1, -0.05) is 13.0 Å². The van der Waals surface area contributed by atoms with Gasteiger partial charge in [0.1, 0.15) is 5.75 Å². The van der Waals surface area contributed by atoms with Crippen LogP contribution in [0.25, 0.3) is 0 Å². The van der Waals surface area contributed by atoms with Gasteiger partial charge in [-0.3, -0.25) is 9.59 Å². The number of carboxylic acids is 1. The molecule has 5 heteroatoms. The maximum Gasteiger partial charge on any atom is 0.304 e. The van der Waals surface area contributed by atoms with Gasteiger partial charge in [0.2, 0.25) is 5.91 Å². The van der Waals surface area contributed by atoms with Crippen LogP contribution in [0.3, 0.4) is 0 Å². The van der Waals surface area contributed by atoms with Gasteiger partial charge in [0.15, 0.2) is 0 Å². The second kappa shape index (κ2) is 6.05. The molecule has 0 heterocycles. The Hall–Kier alpha value is -2.04. The molecule has 98 valence electrons. The molecule has 0 bridgehead atoms. The molecule has 0 aromatic heterocycles. The van der Waals surface area contributed by atoms with E-state index in [1.165, 1.54) is 7.11 Å². The quantitative estimate of drug-likeness (QED) is 0.839. The first-order valence-electron chi connectivity index (χ1n) is 5.61. The predicted molar refractivity (Wildman–Crippen MR) is 67.8 cm³/mol. The third-order valence-corrected chi connectivity index (χ3v) is 2.54. The van der Waals surface area contributed by atoms with E-state index in [1.807, 2.05) is 13.0 Å². The summed E-state index contributed by atoms with van der Waals surface area (Å²) in [7, 11) is 1.51. The van der Waals surface area contributed by atoms with Crippen molar-refractivity contribution in [1.29, 1.82) is 0 Å². The average molecular weight is 251 g/mol. The van der Waals surface area contributed by atoms with Crippen LogP contribution in [0.2, 0.25) is 0 Å². The predicted octanol–water partition coefficient (Wildman–Crippen LogP) is 2.05. The number of carboxylic acid groups (broad SMARTS) is 1. The number of rotatable bonds is 5. The number of anilines is 1. The highest BCUT2D eigenvalue weighted by atomic mass is 16.5. The fourth-order valence-electron chi connectivity index (χ4n) is 1.53. The molecule has 0 aliphatic rings. The van der Waals surface area contributed by atoms with Crippen molar-refractivity contribution < 1.29 is 19.4 Å². The monoisotopic (exact) mass is 251 g/mol. The Morgan fingerprint density at radius 2 is 2.11 bits per heavy atom. The number of aliphatic carboxylic acids is 1. The number of carbonyl (C=O) groups is 2. The molecule has 1 unspecified atom stereocenters. The second-order valence-electron chi connectivity index (χ2n) is 4.19. The summed E-state index contributed by atoms with van der Waals surface area (Å²) in [6.45, 7) is 3.47. The molecule has 18 heavy (non-hydrogen) atoms. The highest BCUT2D eigenvalue weighted by Crippen LogP contribution is 2.25. The molecule has 1 rings (SSSR count). The molecule has 0 aliphatic heterocycles. The summed E-state index contributed by atoms with van der Waals surface area (Å²) in [5, 5.41) is 11.3. The first-order chi connectivity index (χ1) is 8.43. The molecule has 1 aromatic rings. The van der Waals surface area contributed by atoms with Crippen LogP contribution in [0.4, 0.5) is 5.69 Å². The van der Waals surface area contributed by atoms with Gasteiger partial charge in [-0.25, -0.2) is 0 Å². The number of methoxy groups -OCH3 is 1. The topological polar surface area (TPSA) is 75.6 Å². The molecule has 0 aliphatic carbocycles. The van der Waals surface area contributed by atoms with E-state index in [1.54, 1.807) is 19.1 Å². The van der Waals surface area contributed by atoms with Gasteiger partial charge >= 0.3 is 5.97 Å². The van der Waals surface area contributed by atoms with Crippen LogP contribution < -0.4 is 10.1 Å². The first kappa shape index (κ1) is 14.0. The zero-order chi connectivity index (χ0) is 13.7. The van der Waals surface area contributed by atoms with Crippen LogP contribution in [0, 0.1) is 12.8 Å². The van der Waals surface area contributed by atoms with Crippen molar-refractivity contribution in [3.63, 3.8) is 0 Å². The summed E-state index contributed by atoms with van der Waals surface area (Å²) in [4.78, 5) is 22.3. The Bertz CT molecular complexity index is 456. The van der Waals surface area contributed by atoms with E-state index in [0.717, 1.165) is 5.56 Å². The minimum Gasteiger partial charge on any atom is -0.495 e. The standard InChI is InChI=1S/C13H17NO4/c1-8-4-5-11(18-3)10(6-8)14-13(17)9(2)7-12(15)16/h4-6,9H,7H2,1-3H3,(H,14,17)(H,15,16). The van der Waals surface area contributed by atoms with Gasteiger partial charge < -0.3 is 15.2 Å². The van der Waals surface area contributed by atoms with Crippen LogP contribution in [-0.2, 0) is 9.59 Å². The minimum absolute atomic E-state index is 0.194. The molecule has 1 atom stereocenters. The van der Waals surface area contributed by atoms with E-state index < -0.39 is 11.9 Å². The summed E-state index contributed by atoms with van der Waals surface area (Å²) in [5.41, 5.74) is 1.54. The number of aryl methyl sites for hydroxylation is 1. The molecule has 0 saturated carbocycles. The summed E-state index contributed by atoms with van der Waals surface area (Å²) < 4.78 is 5.13. The molecular weight excluding hydrogens is 234 g/mol. The fraction of sp³-hybridized carbons (Fsp3) is 0.385. The third kappa shape index (κ3) is 3.76. The summed E-state index contributed by atoms with van der Waals surface area (Å²) in [5.74, 6) is -1.36. The normalized spacial score (nSPS) is 11.7. The van der Waals surface area contributed by atoms with Crippen LogP contribution >= 0.6 is 0 Å². The van der Waals surface area contributed by atoms with Crippen LogP contribution in [0.15, 0.2) is 18.2 Å². The van der Waals surface area contributed by atoms with Gasteiger partial charge in [0, 0.05) is 5.92 Å². The van der Waals surface area contributed by atoms with Crippen molar-refractivity contribution in [3.8, 4) is 5.75 Å². The summed E-state index contributed by atoms with van der Waals surface area (Å²) in [6.07, 6.45) is -0.194. The van der Waals surface area contributed by atoms with Gasteiger partial charge in [-0.15, -0.1) is 0 Å². The summed E-state index contributed by atoms with van der Waals surface area (Å²) in [6, 6.07) is 5.41. The Kier molecular flexibility index (Phi) is 4.71. The number of ether oxygens (including phenoxy) is 1. The van der Waals surface area contributed by atoms with Gasteiger partial charge in [0.05, 0.1) is 19.2 Å². The van der Waals surface area contributed by atoms with Crippen molar-refractivity contribution in [2.75, 3.05) is 12.4 Å². The minimum atomic E-state index is -0.992. The molecule has 5 nitrogen and oxygen atoms in total. The highest BCUT2D eigenvalue weighted by Gasteiger charge is 2.17. The second-order valence-corrected chi connectivity index (χ2v) is 4.19. The lowest BCUT2D eigenvalue weighted by Gasteiger charge is -2.13. The van der Waals surface area contributed by atoms with Gasteiger partial charge in [0.25, 0.3) is 0 Å². The van der Waals surface area contributed by atoms with Crippen LogP contribution in [0.1, 0.15) is 18.9 Å². The van der Waals surface area contributed by atoms with Crippen molar-refractivity contribution in [1.82, 2.24) is 0 Å². The molecule has 1 amide bonds. The Morgan fingerprint density at radius 3 is 2.67 bits per heavy atom. The summed E-state index contributed by atoms with van der Waals surface area (Å²) >= 11 is 0. The fourth-order valence-corrected chi connectivity index (χ4v) is 1.53. The van der Waals surface area contributed by atoms with Crippen LogP contribution in [-0.4, -0.2) is 24.1 Å². The lowest BCUT2D eigenvalue weighted by atomic mass is 10.1. The molecule has 1 aromatic carbocycles. The molecule has 0 radical (unpaired) electrons. The van der Waals surface area contributed by atoms with E-state index in [-0.39, 0.29) is 12.3 Å². The number of hydrogen-bond acceptors (Lipinski definition) is 3. The lowest BCUT2D eigenvalue weighted by Crippen LogP contribution is -2.23. The Labute approximate surface area is 106 Å². The molecule has 0 fully saturated rings. The van der Waals surface area contributed by atoms with Gasteiger partial charge in [-0.2, -0.15) is 0 Å². The number of amides is 1. The van der Waals surface area contributed by atoms with E-state index in [4.69, 9.17) is 9.84 Å². The van der Waals surface area contributed by atoms with Crippen molar-refractivity contribution >= 4 is 17.6 Å². The first-order valence-corrected chi connectivity index (χ1v) is 5.61. The van der Waals surface area contributed by atoms with E-state index in [9.17, 15) is 9.59 Å². The SMILES string of the molecule is COc1ccc(C)cc1NC(=O)C(C)CC(=O)O. The number of carbonyl (C=O) groups excluding carboxylic acids is 1. The Morgan fingerprint density at radius 1 is 1.44 bits per heavy atom. The van der Waals surface area contributed by atoms with Crippen molar-refractivity contribution in [3.05, 3.63) is 23.8 Å². The number of nitrogens with one attached hydrogen (secondary N) is 1. The number of hydrogen-bond donors (Lipinski definition) is 2. The largest absolute Gasteiger partial charge is 0.495 e. The van der Waals surface area contributed by atoms with E-state index >= 15 is 0 Å². The lowest BCUT2D eigenvalue weighted by molar-refractivity contribution is -0.139. The number of benzene rings is 1. The molecule has 0 spiro atoms. The molecule has 2 N–H and O–H groups in total. The Balaban J connectivity index is 2.80. The highest BCUT2D eigenvalue weighted by molar-refractivity contribution is 5.95. The third-order valence-electron chi connectivity index (χ3n) is 2.54. The van der Waals surface area contributed by atoms with Crippen molar-refractivity contribution in [2.24, 2.45) is 5.92 Å². The zero-order valence-corrected chi connectivity index (χ0v) is 10.7. The zero-order valence-electron chi connectivity index (χ0n) is 10.7. The van der Waals surface area contributed by atoms with E-state index in [2.05, 4.69) is 5.32 Å². The van der Waals surface area contributed by atoms with Crippen molar-refractivity contribution in [2.45, 2.75) is 20.3 Å².